The summed E-state index contributed by atoms with van der Waals surface area (Å²) in [6.07, 6.45) is 0. The first-order chi connectivity index (χ1) is 14.3. The van der Waals surface area contributed by atoms with E-state index in [4.69, 9.17) is 4.74 Å². The average Bonchev–Trinajstić information content (AvgIpc) is 3.17. The van der Waals surface area contributed by atoms with E-state index in [1.807, 2.05) is 0 Å². The molecule has 30 heavy (non-hydrogen) atoms. The van der Waals surface area contributed by atoms with Gasteiger partial charge in [0.2, 0.25) is 0 Å². The second kappa shape index (κ2) is 9.06. The lowest BCUT2D eigenvalue weighted by molar-refractivity contribution is 0.0532. The third-order valence-electron chi connectivity index (χ3n) is 3.86. The van der Waals surface area contributed by atoms with Crippen molar-refractivity contribution in [1.29, 1.82) is 0 Å². The predicted molar refractivity (Wildman–Crippen MR) is 112 cm³/mol. The fourth-order valence-corrected chi connectivity index (χ4v) is 4.36. The summed E-state index contributed by atoms with van der Waals surface area (Å²) in [5.74, 6) is -1.62. The fourth-order valence-electron chi connectivity index (χ4n) is 2.48. The van der Waals surface area contributed by atoms with E-state index in [1.54, 1.807) is 25.1 Å². The van der Waals surface area contributed by atoms with Crippen molar-refractivity contribution in [2.24, 2.45) is 0 Å². The highest BCUT2D eigenvalue weighted by molar-refractivity contribution is 7.92. The number of carbonyl (C=O) groups excluding carboxylic acids is 2. The van der Waals surface area contributed by atoms with Gasteiger partial charge in [-0.05, 0) is 55.5 Å². The summed E-state index contributed by atoms with van der Waals surface area (Å²) >= 11 is 1.04. The van der Waals surface area contributed by atoms with Crippen LogP contribution in [-0.2, 0) is 14.8 Å². The highest BCUT2D eigenvalue weighted by Gasteiger charge is 2.19. The third-order valence-corrected chi connectivity index (χ3v) is 6.22. The normalized spacial score (nSPS) is 11.0. The van der Waals surface area contributed by atoms with E-state index in [0.717, 1.165) is 35.6 Å². The molecule has 0 saturated heterocycles. The van der Waals surface area contributed by atoms with Gasteiger partial charge in [-0.3, -0.25) is 9.52 Å². The minimum Gasteiger partial charge on any atom is -0.462 e. The summed E-state index contributed by atoms with van der Waals surface area (Å²) in [6, 6.07) is 13.5. The van der Waals surface area contributed by atoms with Gasteiger partial charge in [-0.15, -0.1) is 11.3 Å². The molecule has 1 heterocycles. The van der Waals surface area contributed by atoms with E-state index in [0.29, 0.717) is 9.88 Å². The molecular formula is C20H17FN2O5S2. The van der Waals surface area contributed by atoms with Crippen LogP contribution in [0.2, 0.25) is 0 Å². The monoisotopic (exact) mass is 448 g/mol. The van der Waals surface area contributed by atoms with Crippen LogP contribution >= 0.6 is 11.3 Å². The number of hydrogen-bond acceptors (Lipinski definition) is 6. The second-order valence-electron chi connectivity index (χ2n) is 5.94. The zero-order valence-electron chi connectivity index (χ0n) is 15.7. The molecular weight excluding hydrogens is 431 g/mol. The van der Waals surface area contributed by atoms with Gasteiger partial charge in [0.1, 0.15) is 10.7 Å². The van der Waals surface area contributed by atoms with E-state index in [9.17, 15) is 22.4 Å². The second-order valence-corrected chi connectivity index (χ2v) is 8.71. The van der Waals surface area contributed by atoms with E-state index >= 15 is 0 Å². The summed E-state index contributed by atoms with van der Waals surface area (Å²) in [5.41, 5.74) is 0.135. The molecule has 10 heteroatoms. The smallest absolute Gasteiger partial charge is 0.348 e. The van der Waals surface area contributed by atoms with Crippen molar-refractivity contribution >= 4 is 43.9 Å². The van der Waals surface area contributed by atoms with Gasteiger partial charge in [-0.2, -0.15) is 0 Å². The quantitative estimate of drug-likeness (QED) is 0.530. The van der Waals surface area contributed by atoms with E-state index in [2.05, 4.69) is 10.0 Å². The van der Waals surface area contributed by atoms with Gasteiger partial charge in [0.15, 0.2) is 0 Å². The molecule has 0 unspecified atom stereocenters. The Morgan fingerprint density at radius 1 is 1.03 bits per heavy atom. The Hall–Kier alpha value is -3.24. The maximum absolute atomic E-state index is 13.1. The van der Waals surface area contributed by atoms with Crippen molar-refractivity contribution in [2.75, 3.05) is 16.6 Å². The number of para-hydroxylation sites is 1. The molecule has 2 N–H and O–H groups in total. The van der Waals surface area contributed by atoms with Crippen molar-refractivity contribution < 1.29 is 27.1 Å². The van der Waals surface area contributed by atoms with Crippen molar-refractivity contribution in [1.82, 2.24) is 0 Å². The minimum absolute atomic E-state index is 0.0569. The molecule has 2 aromatic carbocycles. The van der Waals surface area contributed by atoms with E-state index < -0.39 is 27.7 Å². The van der Waals surface area contributed by atoms with Crippen molar-refractivity contribution in [3.63, 3.8) is 0 Å². The molecule has 0 spiro atoms. The molecule has 156 valence electrons. The van der Waals surface area contributed by atoms with Gasteiger partial charge in [-0.1, -0.05) is 12.1 Å². The Kier molecular flexibility index (Phi) is 6.48. The zero-order chi connectivity index (χ0) is 21.7. The van der Waals surface area contributed by atoms with Gasteiger partial charge < -0.3 is 10.1 Å². The van der Waals surface area contributed by atoms with Crippen molar-refractivity contribution in [3.05, 3.63) is 76.9 Å². The fraction of sp³-hybridized carbons (Fsp3) is 0.100. The summed E-state index contributed by atoms with van der Waals surface area (Å²) in [5, 5.41) is 3.04. The Morgan fingerprint density at radius 2 is 1.73 bits per heavy atom. The lowest BCUT2D eigenvalue weighted by Crippen LogP contribution is -2.18. The number of carbonyl (C=O) groups is 2. The number of rotatable bonds is 7. The molecule has 0 saturated carbocycles. The van der Waals surface area contributed by atoms with Gasteiger partial charge in [0.25, 0.3) is 15.9 Å². The number of hydrogen-bond donors (Lipinski definition) is 2. The maximum Gasteiger partial charge on any atom is 0.348 e. The molecule has 0 aliphatic rings. The summed E-state index contributed by atoms with van der Waals surface area (Å²) in [7, 11) is -4.03. The molecule has 0 fully saturated rings. The lowest BCUT2D eigenvalue weighted by Gasteiger charge is -2.12. The van der Waals surface area contributed by atoms with Crippen molar-refractivity contribution in [3.8, 4) is 0 Å². The van der Waals surface area contributed by atoms with Crippen molar-refractivity contribution in [2.45, 2.75) is 11.8 Å². The summed E-state index contributed by atoms with van der Waals surface area (Å²) in [6.45, 7) is 1.93. The van der Waals surface area contributed by atoms with Gasteiger partial charge in [0.05, 0.1) is 27.8 Å². The Bertz CT molecular complexity index is 1170. The topological polar surface area (TPSA) is 102 Å². The SMILES string of the molecule is CCOC(=O)c1ccc(NC(=O)c2ccccc2NS(=O)(=O)c2ccc(F)cc2)s1. The summed E-state index contributed by atoms with van der Waals surface area (Å²) < 4.78 is 45.5. The Balaban J connectivity index is 1.80. The molecule has 0 radical (unpaired) electrons. The molecule has 7 nitrogen and oxygen atoms in total. The van der Waals surface area contributed by atoms with Gasteiger partial charge >= 0.3 is 5.97 Å². The van der Waals surface area contributed by atoms with Crippen LogP contribution in [0, 0.1) is 5.82 Å². The molecule has 0 atom stereocenters. The number of anilines is 2. The van der Waals surface area contributed by atoms with E-state index in [-0.39, 0.29) is 22.8 Å². The van der Waals surface area contributed by atoms with Crippen LogP contribution in [0.1, 0.15) is 27.0 Å². The number of ether oxygens (including phenoxy) is 1. The number of halogens is 1. The minimum atomic E-state index is -4.03. The van der Waals surface area contributed by atoms with Gasteiger partial charge in [-0.25, -0.2) is 17.6 Å². The Labute approximate surface area is 176 Å². The van der Waals surface area contributed by atoms with Crippen LogP contribution in [-0.4, -0.2) is 26.9 Å². The number of esters is 1. The first-order valence-electron chi connectivity index (χ1n) is 8.76. The number of nitrogens with one attached hydrogen (secondary N) is 2. The van der Waals surface area contributed by atoms with Gasteiger partial charge in [0, 0.05) is 0 Å². The first kappa shape index (κ1) is 21.5. The third kappa shape index (κ3) is 5.02. The molecule has 0 bridgehead atoms. The lowest BCUT2D eigenvalue weighted by atomic mass is 10.2. The van der Waals surface area contributed by atoms with Crippen LogP contribution < -0.4 is 10.0 Å². The molecule has 3 rings (SSSR count). The highest BCUT2D eigenvalue weighted by atomic mass is 32.2. The molecule has 0 aliphatic heterocycles. The maximum atomic E-state index is 13.1. The zero-order valence-corrected chi connectivity index (χ0v) is 17.3. The first-order valence-corrected chi connectivity index (χ1v) is 11.1. The number of benzene rings is 2. The Morgan fingerprint density at radius 3 is 2.43 bits per heavy atom. The van der Waals surface area contributed by atoms with Crippen LogP contribution in [0.25, 0.3) is 0 Å². The van der Waals surface area contributed by atoms with Crippen LogP contribution in [0.5, 0.6) is 0 Å². The average molecular weight is 448 g/mol. The predicted octanol–water partition coefficient (Wildman–Crippen LogP) is 4.12. The number of thiophene rings is 1. The molecule has 1 amide bonds. The number of amides is 1. The summed E-state index contributed by atoms with van der Waals surface area (Å²) in [4.78, 5) is 24.6. The number of sulfonamides is 1. The standard InChI is InChI=1S/C20H17FN2O5S2/c1-2-28-20(25)17-11-12-18(29-17)22-19(24)15-5-3-4-6-16(15)23-30(26,27)14-9-7-13(21)8-10-14/h3-12,23H,2H2,1H3,(H,22,24). The van der Waals surface area contributed by atoms with E-state index in [1.165, 1.54) is 18.2 Å². The van der Waals surface area contributed by atoms with Crippen LogP contribution in [0.4, 0.5) is 15.1 Å². The molecule has 3 aromatic rings. The largest absolute Gasteiger partial charge is 0.462 e. The highest BCUT2D eigenvalue weighted by Crippen LogP contribution is 2.25. The van der Waals surface area contributed by atoms with Crippen LogP contribution in [0.15, 0.2) is 65.6 Å². The van der Waals surface area contributed by atoms with Crippen LogP contribution in [0.3, 0.4) is 0 Å². The molecule has 0 aliphatic carbocycles. The molecule has 1 aromatic heterocycles.